The average Bonchev–Trinajstić information content (AvgIpc) is 2.69. The van der Waals surface area contributed by atoms with E-state index in [0.29, 0.717) is 10.3 Å². The van der Waals surface area contributed by atoms with E-state index in [0.717, 1.165) is 10.1 Å². The molecule has 0 aliphatic heterocycles. The summed E-state index contributed by atoms with van der Waals surface area (Å²) in [6.07, 6.45) is 1.34. The van der Waals surface area contributed by atoms with Gasteiger partial charge in [0.1, 0.15) is 15.8 Å². The summed E-state index contributed by atoms with van der Waals surface area (Å²) in [6.45, 7) is 0. The average molecular weight is 285 g/mol. The second-order valence-corrected chi connectivity index (χ2v) is 5.73. The molecule has 1 aromatic carbocycles. The number of fused-ring (bicyclic) bond motifs is 3. The van der Waals surface area contributed by atoms with E-state index in [1.165, 1.54) is 17.6 Å². The highest BCUT2D eigenvalue weighted by Crippen LogP contribution is 2.33. The summed E-state index contributed by atoms with van der Waals surface area (Å²) in [5, 5.41) is 0.942. The summed E-state index contributed by atoms with van der Waals surface area (Å²) < 4.78 is 7.06. The van der Waals surface area contributed by atoms with Crippen LogP contribution in [0.15, 0.2) is 39.7 Å². The SMILES string of the molecule is O=c1c(C(Cl)Cl)coc2c1sc1ccccc12. The molecule has 0 bridgehead atoms. The molecular formula is C12H6Cl2O2S. The highest BCUT2D eigenvalue weighted by atomic mass is 35.5. The maximum absolute atomic E-state index is 12.1. The second-order valence-electron chi connectivity index (χ2n) is 3.58. The zero-order chi connectivity index (χ0) is 12.0. The van der Waals surface area contributed by atoms with Crippen LogP contribution in [0.2, 0.25) is 0 Å². The van der Waals surface area contributed by atoms with Gasteiger partial charge in [0.05, 0.1) is 5.56 Å². The smallest absolute Gasteiger partial charge is 0.208 e. The van der Waals surface area contributed by atoms with Crippen molar-refractivity contribution in [2.75, 3.05) is 0 Å². The molecule has 0 radical (unpaired) electrons. The third-order valence-corrected chi connectivity index (χ3v) is 4.18. The van der Waals surface area contributed by atoms with E-state index in [1.807, 2.05) is 24.3 Å². The Morgan fingerprint density at radius 3 is 2.76 bits per heavy atom. The van der Waals surface area contributed by atoms with Gasteiger partial charge >= 0.3 is 0 Å². The van der Waals surface area contributed by atoms with Gasteiger partial charge in [-0.15, -0.1) is 11.3 Å². The molecule has 0 unspecified atom stereocenters. The number of benzene rings is 1. The molecule has 0 amide bonds. The fourth-order valence-electron chi connectivity index (χ4n) is 1.75. The molecule has 0 atom stereocenters. The van der Waals surface area contributed by atoms with E-state index in [2.05, 4.69) is 0 Å². The Hall–Kier alpha value is -1.03. The molecule has 0 aliphatic rings. The molecule has 3 aromatic rings. The molecule has 0 spiro atoms. The zero-order valence-electron chi connectivity index (χ0n) is 8.44. The van der Waals surface area contributed by atoms with Crippen LogP contribution in [0.4, 0.5) is 0 Å². The van der Waals surface area contributed by atoms with Crippen molar-refractivity contribution in [3.63, 3.8) is 0 Å². The fourth-order valence-corrected chi connectivity index (χ4v) is 3.15. The number of halogens is 2. The quantitative estimate of drug-likeness (QED) is 0.617. The Labute approximate surface area is 110 Å². The van der Waals surface area contributed by atoms with Crippen molar-refractivity contribution in [1.82, 2.24) is 0 Å². The monoisotopic (exact) mass is 284 g/mol. The third-order valence-electron chi connectivity index (χ3n) is 2.56. The number of thiophene rings is 1. The van der Waals surface area contributed by atoms with Crippen molar-refractivity contribution in [3.8, 4) is 0 Å². The van der Waals surface area contributed by atoms with Crippen LogP contribution in [-0.4, -0.2) is 0 Å². The molecule has 2 aromatic heterocycles. The normalized spacial score (nSPS) is 11.7. The first-order chi connectivity index (χ1) is 8.18. The lowest BCUT2D eigenvalue weighted by Gasteiger charge is -1.98. The first kappa shape index (κ1) is 11.1. The van der Waals surface area contributed by atoms with E-state index in [4.69, 9.17) is 27.6 Å². The molecule has 0 saturated heterocycles. The first-order valence-electron chi connectivity index (χ1n) is 4.89. The van der Waals surface area contributed by atoms with Crippen LogP contribution < -0.4 is 5.43 Å². The van der Waals surface area contributed by atoms with Gasteiger partial charge in [-0.3, -0.25) is 4.79 Å². The molecule has 5 heteroatoms. The largest absolute Gasteiger partial charge is 0.462 e. The maximum Gasteiger partial charge on any atom is 0.208 e. The maximum atomic E-state index is 12.1. The van der Waals surface area contributed by atoms with Crippen LogP contribution in [0, 0.1) is 0 Å². The minimum Gasteiger partial charge on any atom is -0.462 e. The molecule has 0 saturated carbocycles. The van der Waals surface area contributed by atoms with Gasteiger partial charge < -0.3 is 4.42 Å². The van der Waals surface area contributed by atoms with Gasteiger partial charge in [-0.1, -0.05) is 35.3 Å². The van der Waals surface area contributed by atoms with E-state index < -0.39 is 4.84 Å². The summed E-state index contributed by atoms with van der Waals surface area (Å²) in [4.78, 5) is 11.3. The molecule has 86 valence electrons. The summed E-state index contributed by atoms with van der Waals surface area (Å²) in [6, 6.07) is 7.71. The van der Waals surface area contributed by atoms with E-state index in [9.17, 15) is 4.79 Å². The van der Waals surface area contributed by atoms with E-state index in [1.54, 1.807) is 0 Å². The molecule has 2 nitrogen and oxygen atoms in total. The lowest BCUT2D eigenvalue weighted by atomic mass is 10.2. The van der Waals surface area contributed by atoms with Crippen LogP contribution in [-0.2, 0) is 0 Å². The van der Waals surface area contributed by atoms with Crippen molar-refractivity contribution in [2.24, 2.45) is 0 Å². The number of hydrogen-bond acceptors (Lipinski definition) is 3. The predicted octanol–water partition coefficient (Wildman–Crippen LogP) is 4.48. The van der Waals surface area contributed by atoms with Crippen LogP contribution >= 0.6 is 34.5 Å². The fraction of sp³-hybridized carbons (Fsp3) is 0.0833. The molecule has 17 heavy (non-hydrogen) atoms. The molecule has 0 N–H and O–H groups in total. The molecule has 0 aliphatic carbocycles. The Morgan fingerprint density at radius 2 is 2.00 bits per heavy atom. The Kier molecular flexibility index (Phi) is 2.62. The summed E-state index contributed by atoms with van der Waals surface area (Å²) >= 11 is 12.8. The summed E-state index contributed by atoms with van der Waals surface area (Å²) in [5.41, 5.74) is 0.739. The molecule has 3 rings (SSSR count). The van der Waals surface area contributed by atoms with Gasteiger partial charge in [0.2, 0.25) is 5.43 Å². The predicted molar refractivity (Wildman–Crippen MR) is 72.3 cm³/mol. The van der Waals surface area contributed by atoms with Gasteiger partial charge in [-0.25, -0.2) is 0 Å². The van der Waals surface area contributed by atoms with Crippen LogP contribution in [0.25, 0.3) is 20.4 Å². The molecule has 0 fully saturated rings. The van der Waals surface area contributed by atoms with Crippen LogP contribution in [0.5, 0.6) is 0 Å². The van der Waals surface area contributed by atoms with Crippen molar-refractivity contribution in [2.45, 2.75) is 4.84 Å². The van der Waals surface area contributed by atoms with Crippen LogP contribution in [0.1, 0.15) is 10.4 Å². The van der Waals surface area contributed by atoms with Crippen LogP contribution in [0.3, 0.4) is 0 Å². The van der Waals surface area contributed by atoms with Gasteiger partial charge in [-0.2, -0.15) is 0 Å². The minimum absolute atomic E-state index is 0.151. The summed E-state index contributed by atoms with van der Waals surface area (Å²) in [7, 11) is 0. The van der Waals surface area contributed by atoms with Gasteiger partial charge in [-0.05, 0) is 12.1 Å². The summed E-state index contributed by atoms with van der Waals surface area (Å²) in [5.74, 6) is 0. The molecule has 2 heterocycles. The lowest BCUT2D eigenvalue weighted by Crippen LogP contribution is -2.06. The van der Waals surface area contributed by atoms with Crippen molar-refractivity contribution in [3.05, 3.63) is 46.3 Å². The molecular weight excluding hydrogens is 279 g/mol. The number of alkyl halides is 2. The van der Waals surface area contributed by atoms with Crippen molar-refractivity contribution < 1.29 is 4.42 Å². The highest BCUT2D eigenvalue weighted by Gasteiger charge is 2.16. The Bertz CT molecular complexity index is 758. The topological polar surface area (TPSA) is 30.2 Å². The second kappa shape index (κ2) is 4.02. The van der Waals surface area contributed by atoms with E-state index in [-0.39, 0.29) is 11.0 Å². The Morgan fingerprint density at radius 1 is 1.24 bits per heavy atom. The third kappa shape index (κ3) is 1.66. The number of hydrogen-bond donors (Lipinski definition) is 0. The van der Waals surface area contributed by atoms with E-state index >= 15 is 0 Å². The lowest BCUT2D eigenvalue weighted by molar-refractivity contribution is 0.600. The standard InChI is InChI=1S/C12H6Cl2O2S/c13-12(14)7-5-16-10-6-3-1-2-4-8(6)17-11(10)9(7)15/h1-5,12H. The number of rotatable bonds is 1. The zero-order valence-corrected chi connectivity index (χ0v) is 10.8. The van der Waals surface area contributed by atoms with Gasteiger partial charge in [0.25, 0.3) is 0 Å². The van der Waals surface area contributed by atoms with Gasteiger partial charge in [0.15, 0.2) is 5.58 Å². The Balaban J connectivity index is 2.49. The van der Waals surface area contributed by atoms with Crippen molar-refractivity contribution >= 4 is 54.9 Å². The highest BCUT2D eigenvalue weighted by molar-refractivity contribution is 7.25. The van der Waals surface area contributed by atoms with Gasteiger partial charge in [0, 0.05) is 10.1 Å². The van der Waals surface area contributed by atoms with Crippen molar-refractivity contribution in [1.29, 1.82) is 0 Å². The first-order valence-corrected chi connectivity index (χ1v) is 6.58. The minimum atomic E-state index is -0.860.